The summed E-state index contributed by atoms with van der Waals surface area (Å²) in [7, 11) is 0. The van der Waals surface area contributed by atoms with E-state index in [2.05, 4.69) is 4.90 Å². The minimum Gasteiger partial charge on any atom is -0.399 e. The average Bonchev–Trinajstić information content (AvgIpc) is 3.30. The second-order valence-corrected chi connectivity index (χ2v) is 6.32. The van der Waals surface area contributed by atoms with Crippen LogP contribution in [0.25, 0.3) is 0 Å². The summed E-state index contributed by atoms with van der Waals surface area (Å²) in [5.74, 6) is 0.875. The van der Waals surface area contributed by atoms with Gasteiger partial charge in [-0.2, -0.15) is 0 Å². The minimum absolute atomic E-state index is 0. The monoisotopic (exact) mass is 308 g/mol. The number of rotatable bonds is 4. The highest BCUT2D eigenvalue weighted by Gasteiger charge is 2.34. The van der Waals surface area contributed by atoms with Crippen LogP contribution in [-0.2, 0) is 0 Å². The predicted octanol–water partition coefficient (Wildman–Crippen LogP) is 3.88. The number of hydrogen-bond acceptors (Lipinski definition) is 2. The molecule has 0 bridgehead atoms. The first kappa shape index (κ1) is 16.2. The second-order valence-electron chi connectivity index (χ2n) is 6.32. The highest BCUT2D eigenvalue weighted by atomic mass is 35.5. The molecule has 0 aliphatic heterocycles. The highest BCUT2D eigenvalue weighted by Crippen LogP contribution is 2.32. The van der Waals surface area contributed by atoms with Gasteiger partial charge in [-0.3, -0.25) is 4.79 Å². The van der Waals surface area contributed by atoms with Crippen LogP contribution in [0.5, 0.6) is 0 Å². The molecule has 0 saturated heterocycles. The molecule has 21 heavy (non-hydrogen) atoms. The van der Waals surface area contributed by atoms with E-state index in [0.717, 1.165) is 12.1 Å². The normalized spacial score (nSPS) is 18.9. The number of carbonyl (C=O) groups is 1. The summed E-state index contributed by atoms with van der Waals surface area (Å²) in [6, 6.07) is 7.87. The maximum absolute atomic E-state index is 12.7. The Kier molecular flexibility index (Phi) is 5.51. The maximum Gasteiger partial charge on any atom is 0.254 e. The van der Waals surface area contributed by atoms with Crippen molar-refractivity contribution in [3.63, 3.8) is 0 Å². The van der Waals surface area contributed by atoms with Gasteiger partial charge >= 0.3 is 0 Å². The molecule has 2 aliphatic carbocycles. The molecule has 2 aliphatic rings. The molecule has 1 aromatic rings. The van der Waals surface area contributed by atoms with Crippen molar-refractivity contribution in [2.24, 2.45) is 5.92 Å². The SMILES string of the molecule is Cl.Nc1cccc(C(=O)N(CC2CCCCC2)C2CC2)c1. The van der Waals surface area contributed by atoms with E-state index < -0.39 is 0 Å². The van der Waals surface area contributed by atoms with Crippen molar-refractivity contribution in [2.75, 3.05) is 12.3 Å². The van der Waals surface area contributed by atoms with Gasteiger partial charge in [-0.25, -0.2) is 0 Å². The van der Waals surface area contributed by atoms with E-state index in [1.54, 1.807) is 6.07 Å². The lowest BCUT2D eigenvalue weighted by Crippen LogP contribution is -2.37. The quantitative estimate of drug-likeness (QED) is 0.858. The standard InChI is InChI=1S/C17H24N2O.ClH/c18-15-8-4-7-14(11-15)17(20)19(16-9-10-16)12-13-5-2-1-3-6-13;/h4,7-8,11,13,16H,1-3,5-6,9-10,12,18H2;1H. The third kappa shape index (κ3) is 4.13. The number of nitrogen functional groups attached to an aromatic ring is 1. The smallest absolute Gasteiger partial charge is 0.254 e. The molecule has 3 nitrogen and oxygen atoms in total. The van der Waals surface area contributed by atoms with Crippen LogP contribution in [-0.4, -0.2) is 23.4 Å². The third-order valence-electron chi connectivity index (χ3n) is 4.56. The molecule has 116 valence electrons. The summed E-state index contributed by atoms with van der Waals surface area (Å²) in [5.41, 5.74) is 7.22. The van der Waals surface area contributed by atoms with Crippen LogP contribution in [0, 0.1) is 5.92 Å². The lowest BCUT2D eigenvalue weighted by Gasteiger charge is -2.30. The molecule has 0 radical (unpaired) electrons. The summed E-state index contributed by atoms with van der Waals surface area (Å²) in [6.07, 6.45) is 8.93. The summed E-state index contributed by atoms with van der Waals surface area (Å²) >= 11 is 0. The maximum atomic E-state index is 12.7. The van der Waals surface area contributed by atoms with E-state index in [1.165, 1.54) is 44.9 Å². The molecule has 0 atom stereocenters. The summed E-state index contributed by atoms with van der Waals surface area (Å²) in [4.78, 5) is 14.8. The molecule has 4 heteroatoms. The molecule has 0 unspecified atom stereocenters. The first-order valence-corrected chi connectivity index (χ1v) is 7.90. The zero-order valence-electron chi connectivity index (χ0n) is 12.5. The molecular formula is C17H25ClN2O. The van der Waals surface area contributed by atoms with Crippen molar-refractivity contribution in [1.82, 2.24) is 4.90 Å². The molecule has 0 spiro atoms. The molecular weight excluding hydrogens is 284 g/mol. The van der Waals surface area contributed by atoms with E-state index in [1.807, 2.05) is 18.2 Å². The van der Waals surface area contributed by atoms with Gasteiger partial charge < -0.3 is 10.6 Å². The van der Waals surface area contributed by atoms with Gasteiger partial charge in [-0.15, -0.1) is 12.4 Å². The lowest BCUT2D eigenvalue weighted by molar-refractivity contribution is 0.0699. The van der Waals surface area contributed by atoms with E-state index in [9.17, 15) is 4.79 Å². The van der Waals surface area contributed by atoms with Crippen LogP contribution >= 0.6 is 12.4 Å². The molecule has 1 amide bonds. The van der Waals surface area contributed by atoms with Crippen molar-refractivity contribution in [3.05, 3.63) is 29.8 Å². The molecule has 2 N–H and O–H groups in total. The number of nitrogens with zero attached hydrogens (tertiary/aromatic N) is 1. The highest BCUT2D eigenvalue weighted by molar-refractivity contribution is 5.95. The van der Waals surface area contributed by atoms with Gasteiger partial charge in [0.15, 0.2) is 0 Å². The first-order chi connectivity index (χ1) is 9.74. The Morgan fingerprint density at radius 2 is 1.86 bits per heavy atom. The molecule has 1 aromatic carbocycles. The number of amides is 1. The van der Waals surface area contributed by atoms with Crippen molar-refractivity contribution < 1.29 is 4.79 Å². The summed E-state index contributed by atoms with van der Waals surface area (Å²) in [5, 5.41) is 0. The number of halogens is 1. The Balaban J connectivity index is 0.00000161. The van der Waals surface area contributed by atoms with Gasteiger partial charge in [0.1, 0.15) is 0 Å². The fourth-order valence-electron chi connectivity index (χ4n) is 3.27. The van der Waals surface area contributed by atoms with Gasteiger partial charge in [-0.05, 0) is 49.8 Å². The van der Waals surface area contributed by atoms with E-state index in [0.29, 0.717) is 17.6 Å². The van der Waals surface area contributed by atoms with Crippen molar-refractivity contribution in [1.29, 1.82) is 0 Å². The Morgan fingerprint density at radius 1 is 1.14 bits per heavy atom. The molecule has 2 fully saturated rings. The van der Waals surface area contributed by atoms with Gasteiger partial charge in [0, 0.05) is 23.8 Å². The van der Waals surface area contributed by atoms with Crippen LogP contribution in [0.2, 0.25) is 0 Å². The van der Waals surface area contributed by atoms with Crippen molar-refractivity contribution >= 4 is 24.0 Å². The summed E-state index contributed by atoms with van der Waals surface area (Å²) < 4.78 is 0. The van der Waals surface area contributed by atoms with Gasteiger partial charge in [-0.1, -0.05) is 25.3 Å². The molecule has 2 saturated carbocycles. The number of anilines is 1. The van der Waals surface area contributed by atoms with Gasteiger partial charge in [0.2, 0.25) is 0 Å². The van der Waals surface area contributed by atoms with Crippen LogP contribution in [0.15, 0.2) is 24.3 Å². The van der Waals surface area contributed by atoms with Crippen LogP contribution < -0.4 is 5.73 Å². The number of hydrogen-bond donors (Lipinski definition) is 1. The zero-order valence-corrected chi connectivity index (χ0v) is 13.3. The van der Waals surface area contributed by atoms with Crippen molar-refractivity contribution in [3.8, 4) is 0 Å². The molecule has 0 aromatic heterocycles. The summed E-state index contributed by atoms with van der Waals surface area (Å²) in [6.45, 7) is 0.943. The number of benzene rings is 1. The number of carbonyl (C=O) groups excluding carboxylic acids is 1. The van der Waals surface area contributed by atoms with Gasteiger partial charge in [0.25, 0.3) is 5.91 Å². The van der Waals surface area contributed by atoms with E-state index in [4.69, 9.17) is 5.73 Å². The Bertz CT molecular complexity index is 481. The second kappa shape index (κ2) is 7.17. The fourth-order valence-corrected chi connectivity index (χ4v) is 3.27. The Morgan fingerprint density at radius 3 is 2.48 bits per heavy atom. The average molecular weight is 309 g/mol. The largest absolute Gasteiger partial charge is 0.399 e. The van der Waals surface area contributed by atoms with Crippen LogP contribution in [0.3, 0.4) is 0 Å². The topological polar surface area (TPSA) is 46.3 Å². The van der Waals surface area contributed by atoms with Crippen LogP contribution in [0.1, 0.15) is 55.3 Å². The molecule has 0 heterocycles. The number of nitrogens with two attached hydrogens (primary N) is 1. The van der Waals surface area contributed by atoms with E-state index >= 15 is 0 Å². The minimum atomic E-state index is 0. The lowest BCUT2D eigenvalue weighted by atomic mass is 9.88. The third-order valence-corrected chi connectivity index (χ3v) is 4.56. The predicted molar refractivity (Wildman–Crippen MR) is 88.7 cm³/mol. The van der Waals surface area contributed by atoms with E-state index in [-0.39, 0.29) is 18.3 Å². The Hall–Kier alpha value is -1.22. The van der Waals surface area contributed by atoms with Crippen molar-refractivity contribution in [2.45, 2.75) is 51.0 Å². The Labute approximate surface area is 133 Å². The van der Waals surface area contributed by atoms with Crippen LogP contribution in [0.4, 0.5) is 5.69 Å². The fraction of sp³-hybridized carbons (Fsp3) is 0.588. The first-order valence-electron chi connectivity index (χ1n) is 7.90. The molecule has 3 rings (SSSR count). The zero-order chi connectivity index (χ0) is 13.9. The van der Waals surface area contributed by atoms with Gasteiger partial charge in [0.05, 0.1) is 0 Å².